The molecular weight excluding hydrogens is 711 g/mol. The van der Waals surface area contributed by atoms with Gasteiger partial charge in [-0.05, 0) is 114 Å². The first-order valence-corrected chi connectivity index (χ1v) is 20.2. The van der Waals surface area contributed by atoms with Gasteiger partial charge in [-0.1, -0.05) is 206 Å². The summed E-state index contributed by atoms with van der Waals surface area (Å²) < 4.78 is 0. The second-order valence-corrected chi connectivity index (χ2v) is 14.9. The van der Waals surface area contributed by atoms with Crippen molar-refractivity contribution >= 4 is 27.8 Å². The molecule has 0 aliphatic heterocycles. The van der Waals surface area contributed by atoms with Crippen molar-refractivity contribution in [1.29, 1.82) is 0 Å². The van der Waals surface area contributed by atoms with Gasteiger partial charge in [0.2, 0.25) is 0 Å². The Labute approximate surface area is 346 Å². The Kier molecular flexibility index (Phi) is 9.68. The minimum Gasteiger partial charge on any atom is -0.310 e. The maximum absolute atomic E-state index is 2.40. The molecule has 1 nitrogen and oxygen atoms in total. The molecule has 0 atom stereocenters. The highest BCUT2D eigenvalue weighted by Crippen LogP contribution is 2.44. The highest BCUT2D eigenvalue weighted by Gasteiger charge is 2.19. The summed E-state index contributed by atoms with van der Waals surface area (Å²) in [6.45, 7) is 0. The van der Waals surface area contributed by atoms with Crippen LogP contribution in [0.15, 0.2) is 249 Å². The maximum Gasteiger partial charge on any atom is 0.0540 e. The van der Waals surface area contributed by atoms with E-state index in [9.17, 15) is 0 Å². The zero-order valence-corrected chi connectivity index (χ0v) is 32.6. The van der Waals surface area contributed by atoms with Crippen molar-refractivity contribution in [1.82, 2.24) is 0 Å². The first kappa shape index (κ1) is 35.7. The molecule has 10 aromatic carbocycles. The average Bonchev–Trinajstić information content (AvgIpc) is 3.33. The van der Waals surface area contributed by atoms with Gasteiger partial charge in [0, 0.05) is 16.9 Å². The van der Waals surface area contributed by atoms with Crippen molar-refractivity contribution in [3.05, 3.63) is 249 Å². The third-order valence-electron chi connectivity index (χ3n) is 11.3. The first-order valence-electron chi connectivity index (χ1n) is 20.2. The fraction of sp³-hybridized carbons (Fsp3) is 0. The molecule has 278 valence electrons. The summed E-state index contributed by atoms with van der Waals surface area (Å²) in [6.07, 6.45) is 0. The largest absolute Gasteiger partial charge is 0.310 e. The summed E-state index contributed by atoms with van der Waals surface area (Å²) in [6, 6.07) is 89.8. The monoisotopic (exact) mass is 751 g/mol. The van der Waals surface area contributed by atoms with Crippen LogP contribution in [-0.4, -0.2) is 0 Å². The fourth-order valence-electron chi connectivity index (χ4n) is 8.25. The number of rotatable bonds is 9. The van der Waals surface area contributed by atoms with E-state index in [4.69, 9.17) is 0 Å². The van der Waals surface area contributed by atoms with Gasteiger partial charge in [0.15, 0.2) is 0 Å². The molecule has 0 radical (unpaired) electrons. The smallest absolute Gasteiger partial charge is 0.0540 e. The van der Waals surface area contributed by atoms with E-state index < -0.39 is 0 Å². The number of benzene rings is 10. The van der Waals surface area contributed by atoms with Crippen molar-refractivity contribution in [2.45, 2.75) is 0 Å². The van der Waals surface area contributed by atoms with Gasteiger partial charge in [-0.25, -0.2) is 0 Å². The average molecular weight is 752 g/mol. The third-order valence-corrected chi connectivity index (χ3v) is 11.3. The van der Waals surface area contributed by atoms with Crippen molar-refractivity contribution in [2.75, 3.05) is 4.90 Å². The quantitative estimate of drug-likeness (QED) is 0.142. The number of para-hydroxylation sites is 1. The minimum atomic E-state index is 1.09. The second-order valence-electron chi connectivity index (χ2n) is 14.9. The molecule has 0 amide bonds. The molecule has 59 heavy (non-hydrogen) atoms. The molecule has 0 saturated carbocycles. The lowest BCUT2D eigenvalue weighted by atomic mass is 9.93. The molecule has 0 aromatic heterocycles. The molecule has 0 aliphatic rings. The highest BCUT2D eigenvalue weighted by atomic mass is 15.1. The van der Waals surface area contributed by atoms with Crippen molar-refractivity contribution in [3.63, 3.8) is 0 Å². The second kappa shape index (κ2) is 16.0. The van der Waals surface area contributed by atoms with Crippen molar-refractivity contribution in [2.24, 2.45) is 0 Å². The highest BCUT2D eigenvalue weighted by molar-refractivity contribution is 5.94. The topological polar surface area (TPSA) is 3.24 Å². The van der Waals surface area contributed by atoms with Crippen LogP contribution in [0.25, 0.3) is 77.5 Å². The SMILES string of the molecule is c1ccc(-c2ccc(-c3ccc(N(c4ccc(-c5cccc(-c6ccc7ccccc7c6)c5)cc4)c4ccccc4-c4ccccc4-c4ccccc4)cc3)cc2)cc1. The van der Waals surface area contributed by atoms with E-state index in [0.29, 0.717) is 0 Å². The van der Waals surface area contributed by atoms with E-state index in [0.717, 1.165) is 17.1 Å². The molecule has 0 heterocycles. The van der Waals surface area contributed by atoms with Crippen LogP contribution in [0.3, 0.4) is 0 Å². The Bertz CT molecular complexity index is 3000. The number of hydrogen-bond donors (Lipinski definition) is 0. The molecule has 0 N–H and O–H groups in total. The molecule has 0 unspecified atom stereocenters. The van der Waals surface area contributed by atoms with Gasteiger partial charge in [0.25, 0.3) is 0 Å². The summed E-state index contributed by atoms with van der Waals surface area (Å²) in [5, 5.41) is 2.50. The Hall–Kier alpha value is -7.74. The summed E-state index contributed by atoms with van der Waals surface area (Å²) in [5.41, 5.74) is 17.6. The van der Waals surface area contributed by atoms with E-state index in [1.807, 2.05) is 0 Å². The Morgan fingerprint density at radius 3 is 1.22 bits per heavy atom. The van der Waals surface area contributed by atoms with Crippen LogP contribution in [0.2, 0.25) is 0 Å². The molecule has 10 rings (SSSR count). The van der Waals surface area contributed by atoms with Crippen LogP contribution < -0.4 is 4.90 Å². The summed E-state index contributed by atoms with van der Waals surface area (Å²) in [4.78, 5) is 2.40. The van der Waals surface area contributed by atoms with Gasteiger partial charge in [-0.2, -0.15) is 0 Å². The lowest BCUT2D eigenvalue weighted by Crippen LogP contribution is -2.11. The molecular formula is C58H41N. The van der Waals surface area contributed by atoms with E-state index >= 15 is 0 Å². The lowest BCUT2D eigenvalue weighted by Gasteiger charge is -2.29. The van der Waals surface area contributed by atoms with Crippen molar-refractivity contribution in [3.8, 4) is 66.8 Å². The molecule has 0 aliphatic carbocycles. The number of fused-ring (bicyclic) bond motifs is 1. The number of nitrogens with zero attached hydrogens (tertiary/aromatic N) is 1. The van der Waals surface area contributed by atoms with Crippen LogP contribution in [0.5, 0.6) is 0 Å². The van der Waals surface area contributed by atoms with Gasteiger partial charge in [0.05, 0.1) is 5.69 Å². The zero-order valence-electron chi connectivity index (χ0n) is 32.6. The number of hydrogen-bond acceptors (Lipinski definition) is 1. The first-order chi connectivity index (χ1) is 29.2. The van der Waals surface area contributed by atoms with Crippen LogP contribution in [-0.2, 0) is 0 Å². The van der Waals surface area contributed by atoms with Crippen LogP contribution in [0.1, 0.15) is 0 Å². The van der Waals surface area contributed by atoms with Gasteiger partial charge < -0.3 is 4.90 Å². The lowest BCUT2D eigenvalue weighted by molar-refractivity contribution is 1.28. The summed E-state index contributed by atoms with van der Waals surface area (Å²) >= 11 is 0. The maximum atomic E-state index is 2.40. The van der Waals surface area contributed by atoms with E-state index in [1.165, 1.54) is 77.5 Å². The van der Waals surface area contributed by atoms with Gasteiger partial charge >= 0.3 is 0 Å². The standard InChI is InChI=1S/C58H41N/c1-3-14-42(15-4-1)44-26-28-45(29-27-44)46-32-36-53(37-33-46)59(58-25-12-11-24-57(58)56-23-10-9-22-55(56)48-17-5-2-6-18-48)54-38-34-47(35-39-54)50-20-13-21-51(40-50)52-31-30-43-16-7-8-19-49(43)41-52/h1-41H. The van der Waals surface area contributed by atoms with E-state index in [2.05, 4.69) is 254 Å². The summed E-state index contributed by atoms with van der Waals surface area (Å²) in [7, 11) is 0. The molecule has 1 heteroatoms. The zero-order chi connectivity index (χ0) is 39.4. The van der Waals surface area contributed by atoms with Gasteiger partial charge in [0.1, 0.15) is 0 Å². The van der Waals surface area contributed by atoms with Gasteiger partial charge in [-0.3, -0.25) is 0 Å². The molecule has 10 aromatic rings. The summed E-state index contributed by atoms with van der Waals surface area (Å²) in [5.74, 6) is 0. The van der Waals surface area contributed by atoms with E-state index in [1.54, 1.807) is 0 Å². The number of anilines is 3. The van der Waals surface area contributed by atoms with Crippen molar-refractivity contribution < 1.29 is 0 Å². The Balaban J connectivity index is 1.04. The van der Waals surface area contributed by atoms with Crippen LogP contribution in [0.4, 0.5) is 17.1 Å². The third kappa shape index (κ3) is 7.34. The van der Waals surface area contributed by atoms with E-state index in [-0.39, 0.29) is 0 Å². The Morgan fingerprint density at radius 2 is 0.593 bits per heavy atom. The Morgan fingerprint density at radius 1 is 0.203 bits per heavy atom. The molecule has 0 spiro atoms. The minimum absolute atomic E-state index is 1.09. The predicted molar refractivity (Wildman–Crippen MR) is 251 cm³/mol. The molecule has 0 fully saturated rings. The fourth-order valence-corrected chi connectivity index (χ4v) is 8.25. The molecule has 0 saturated heterocycles. The van der Waals surface area contributed by atoms with Crippen LogP contribution >= 0.6 is 0 Å². The van der Waals surface area contributed by atoms with Gasteiger partial charge in [-0.15, -0.1) is 0 Å². The predicted octanol–water partition coefficient (Wildman–Crippen LogP) is 16.3. The van der Waals surface area contributed by atoms with Crippen LogP contribution in [0, 0.1) is 0 Å². The normalized spacial score (nSPS) is 11.1. The molecule has 0 bridgehead atoms.